The monoisotopic (exact) mass is 311 g/mol. The van der Waals surface area contributed by atoms with E-state index in [9.17, 15) is 0 Å². The first kappa shape index (κ1) is 21.5. The van der Waals surface area contributed by atoms with Crippen molar-refractivity contribution in [3.63, 3.8) is 0 Å². The minimum Gasteiger partial charge on any atom is -0.478 e. The van der Waals surface area contributed by atoms with Crippen molar-refractivity contribution in [3.05, 3.63) is 0 Å². The molecule has 1 N–H and O–H groups in total. The fraction of sp³-hybridized carbons (Fsp3) is 0.950. The molecule has 2 nitrogen and oxygen atoms in total. The molecule has 0 aliphatic heterocycles. The van der Waals surface area contributed by atoms with E-state index < -0.39 is 0 Å². The summed E-state index contributed by atoms with van der Waals surface area (Å²) in [6.07, 6.45) is 19.4. The number of hydrogen-bond donors (Lipinski definition) is 1. The Kier molecular flexibility index (Phi) is 16.4. The van der Waals surface area contributed by atoms with Crippen molar-refractivity contribution in [3.8, 4) is 0 Å². The summed E-state index contributed by atoms with van der Waals surface area (Å²) in [6.45, 7) is 6.54. The van der Waals surface area contributed by atoms with Gasteiger partial charge in [-0.15, -0.1) is 0 Å². The van der Waals surface area contributed by atoms with E-state index in [1.54, 1.807) is 0 Å². The quantitative estimate of drug-likeness (QED) is 0.181. The standard InChI is InChI=1S/C20H41NO/c1-4-7-9-11-13-15-17-19(22-20(21)6-3)18-16-14-12-10-8-5-2/h19,21H,4-18H2,1-3H3. The molecule has 0 bridgehead atoms. The lowest BCUT2D eigenvalue weighted by Gasteiger charge is -2.19. The van der Waals surface area contributed by atoms with E-state index in [-0.39, 0.29) is 0 Å². The van der Waals surface area contributed by atoms with Crippen LogP contribution in [-0.4, -0.2) is 12.0 Å². The van der Waals surface area contributed by atoms with Gasteiger partial charge in [0.1, 0.15) is 6.10 Å². The van der Waals surface area contributed by atoms with Gasteiger partial charge in [-0.2, -0.15) is 0 Å². The lowest BCUT2D eigenvalue weighted by atomic mass is 10.0. The summed E-state index contributed by atoms with van der Waals surface area (Å²) in [5.41, 5.74) is 0. The Balaban J connectivity index is 3.77. The minimum absolute atomic E-state index is 0.296. The van der Waals surface area contributed by atoms with Crippen LogP contribution in [0.4, 0.5) is 0 Å². The van der Waals surface area contributed by atoms with E-state index in [0.717, 1.165) is 19.3 Å². The Morgan fingerprint density at radius 2 is 1.09 bits per heavy atom. The SMILES string of the molecule is CCCCCCCCC(CCCCCCCC)OC(=N)CC. The zero-order valence-electron chi connectivity index (χ0n) is 15.6. The summed E-state index contributed by atoms with van der Waals surface area (Å²) in [4.78, 5) is 0. The average Bonchev–Trinajstić information content (AvgIpc) is 2.53. The van der Waals surface area contributed by atoms with E-state index in [1.165, 1.54) is 77.0 Å². The van der Waals surface area contributed by atoms with E-state index >= 15 is 0 Å². The summed E-state index contributed by atoms with van der Waals surface area (Å²) < 4.78 is 5.84. The summed E-state index contributed by atoms with van der Waals surface area (Å²) in [5, 5.41) is 7.79. The summed E-state index contributed by atoms with van der Waals surface area (Å²) >= 11 is 0. The highest BCUT2D eigenvalue weighted by Crippen LogP contribution is 2.17. The molecule has 0 aromatic rings. The molecule has 0 atom stereocenters. The maximum atomic E-state index is 7.79. The molecule has 0 rings (SSSR count). The second kappa shape index (κ2) is 16.8. The Morgan fingerprint density at radius 3 is 1.50 bits per heavy atom. The first-order valence-electron chi connectivity index (χ1n) is 9.98. The predicted octanol–water partition coefficient (Wildman–Crippen LogP) is 7.26. The largest absolute Gasteiger partial charge is 0.478 e. The molecule has 0 saturated heterocycles. The van der Waals surface area contributed by atoms with Crippen molar-refractivity contribution in [2.24, 2.45) is 0 Å². The van der Waals surface area contributed by atoms with Gasteiger partial charge in [0.2, 0.25) is 0 Å². The van der Waals surface area contributed by atoms with E-state index in [1.807, 2.05) is 6.92 Å². The van der Waals surface area contributed by atoms with E-state index in [0.29, 0.717) is 12.0 Å². The van der Waals surface area contributed by atoms with E-state index in [4.69, 9.17) is 10.1 Å². The Labute approximate surface area is 139 Å². The Hall–Kier alpha value is -0.530. The van der Waals surface area contributed by atoms with Crippen LogP contribution in [0.1, 0.15) is 117 Å². The van der Waals surface area contributed by atoms with Crippen LogP contribution in [0.15, 0.2) is 0 Å². The number of unbranched alkanes of at least 4 members (excludes halogenated alkanes) is 10. The zero-order valence-corrected chi connectivity index (χ0v) is 15.6. The molecule has 0 aliphatic rings. The molecule has 0 aromatic carbocycles. The van der Waals surface area contributed by atoms with Crippen LogP contribution in [0.5, 0.6) is 0 Å². The number of nitrogens with one attached hydrogen (secondary N) is 1. The molecule has 0 fully saturated rings. The highest BCUT2D eigenvalue weighted by Gasteiger charge is 2.11. The molecule has 22 heavy (non-hydrogen) atoms. The third-order valence-electron chi connectivity index (χ3n) is 4.39. The molecule has 2 heteroatoms. The lowest BCUT2D eigenvalue weighted by Crippen LogP contribution is -2.17. The van der Waals surface area contributed by atoms with Crippen molar-refractivity contribution in [2.45, 2.75) is 123 Å². The van der Waals surface area contributed by atoms with Crippen LogP contribution in [0.25, 0.3) is 0 Å². The molecule has 132 valence electrons. The molecular weight excluding hydrogens is 270 g/mol. The van der Waals surface area contributed by atoms with Crippen LogP contribution < -0.4 is 0 Å². The van der Waals surface area contributed by atoms with Gasteiger partial charge in [-0.05, 0) is 25.7 Å². The van der Waals surface area contributed by atoms with Gasteiger partial charge >= 0.3 is 0 Å². The zero-order chi connectivity index (χ0) is 16.5. The molecule has 0 radical (unpaired) electrons. The topological polar surface area (TPSA) is 33.1 Å². The molecule has 0 amide bonds. The second-order valence-corrected chi connectivity index (χ2v) is 6.63. The van der Waals surface area contributed by atoms with Gasteiger partial charge in [0.15, 0.2) is 5.90 Å². The van der Waals surface area contributed by atoms with Crippen molar-refractivity contribution in [1.82, 2.24) is 0 Å². The Bertz CT molecular complexity index is 224. The third-order valence-corrected chi connectivity index (χ3v) is 4.39. The lowest BCUT2D eigenvalue weighted by molar-refractivity contribution is 0.154. The summed E-state index contributed by atoms with van der Waals surface area (Å²) in [5.74, 6) is 0.474. The maximum Gasteiger partial charge on any atom is 0.180 e. The van der Waals surface area contributed by atoms with Gasteiger partial charge in [0.25, 0.3) is 0 Å². The summed E-state index contributed by atoms with van der Waals surface area (Å²) in [6, 6.07) is 0. The fourth-order valence-electron chi connectivity index (χ4n) is 2.85. The van der Waals surface area contributed by atoms with Crippen LogP contribution >= 0.6 is 0 Å². The first-order chi connectivity index (χ1) is 10.7. The summed E-state index contributed by atoms with van der Waals surface area (Å²) in [7, 11) is 0. The van der Waals surface area contributed by atoms with Crippen LogP contribution in [0.2, 0.25) is 0 Å². The van der Waals surface area contributed by atoms with E-state index in [2.05, 4.69) is 13.8 Å². The third kappa shape index (κ3) is 14.4. The van der Waals surface area contributed by atoms with Crippen molar-refractivity contribution in [2.75, 3.05) is 0 Å². The van der Waals surface area contributed by atoms with Gasteiger partial charge in [-0.1, -0.05) is 85.0 Å². The van der Waals surface area contributed by atoms with Crippen molar-refractivity contribution >= 4 is 5.90 Å². The maximum absolute atomic E-state index is 7.79. The van der Waals surface area contributed by atoms with Gasteiger partial charge in [0, 0.05) is 6.42 Å². The van der Waals surface area contributed by atoms with Gasteiger partial charge in [-0.3, -0.25) is 5.41 Å². The number of ether oxygens (including phenoxy) is 1. The molecule has 0 spiro atoms. The fourth-order valence-corrected chi connectivity index (χ4v) is 2.85. The molecule has 0 saturated carbocycles. The van der Waals surface area contributed by atoms with Gasteiger partial charge in [-0.25, -0.2) is 0 Å². The average molecular weight is 312 g/mol. The molecule has 0 aromatic heterocycles. The van der Waals surface area contributed by atoms with Crippen LogP contribution in [0, 0.1) is 5.41 Å². The molecular formula is C20H41NO. The van der Waals surface area contributed by atoms with Gasteiger partial charge in [0.05, 0.1) is 0 Å². The smallest absolute Gasteiger partial charge is 0.180 e. The number of rotatable bonds is 16. The van der Waals surface area contributed by atoms with Crippen LogP contribution in [-0.2, 0) is 4.74 Å². The first-order valence-corrected chi connectivity index (χ1v) is 9.98. The highest BCUT2D eigenvalue weighted by atomic mass is 16.5. The number of hydrogen-bond acceptors (Lipinski definition) is 2. The highest BCUT2D eigenvalue weighted by molar-refractivity contribution is 5.72. The normalized spacial score (nSPS) is 11.1. The van der Waals surface area contributed by atoms with Crippen molar-refractivity contribution in [1.29, 1.82) is 5.41 Å². The van der Waals surface area contributed by atoms with Gasteiger partial charge < -0.3 is 4.74 Å². The minimum atomic E-state index is 0.296. The second-order valence-electron chi connectivity index (χ2n) is 6.63. The van der Waals surface area contributed by atoms with Crippen LogP contribution in [0.3, 0.4) is 0 Å². The molecule has 0 unspecified atom stereocenters. The molecule has 0 aliphatic carbocycles. The predicted molar refractivity (Wildman–Crippen MR) is 98.9 cm³/mol. The van der Waals surface area contributed by atoms with Crippen molar-refractivity contribution < 1.29 is 4.74 Å². The molecule has 0 heterocycles. The Morgan fingerprint density at radius 1 is 0.682 bits per heavy atom.